The molecule has 0 aromatic rings. The molecule has 2 aliphatic rings. The average Bonchev–Trinajstić information content (AvgIpc) is 2.81. The largest absolute Gasteiger partial charge is 0.480 e. The molecule has 1 aliphatic carbocycles. The number of aliphatic carboxylic acids is 1. The summed E-state index contributed by atoms with van der Waals surface area (Å²) in [7, 11) is 0. The number of hydrogen-bond donors (Lipinski definition) is 2. The molecule has 2 fully saturated rings. The van der Waals surface area contributed by atoms with Crippen molar-refractivity contribution in [3.05, 3.63) is 0 Å². The fourth-order valence-corrected chi connectivity index (χ4v) is 3.68. The van der Waals surface area contributed by atoms with E-state index < -0.39 is 11.5 Å². The topological polar surface area (TPSA) is 61.8 Å². The lowest BCUT2D eigenvalue weighted by Crippen LogP contribution is -2.57. The van der Waals surface area contributed by atoms with Crippen molar-refractivity contribution in [3.8, 4) is 0 Å². The molecule has 0 bridgehead atoms. The molecule has 2 N–H and O–H groups in total. The zero-order valence-electron chi connectivity index (χ0n) is 12.7. The maximum absolute atomic E-state index is 11.8. The summed E-state index contributed by atoms with van der Waals surface area (Å²) in [6.07, 6.45) is 3.76. The van der Waals surface area contributed by atoms with Crippen LogP contribution in [0.4, 0.5) is 0 Å². The Morgan fingerprint density at radius 2 is 2.15 bits per heavy atom. The molecule has 1 aliphatic heterocycles. The molecule has 20 heavy (non-hydrogen) atoms. The minimum Gasteiger partial charge on any atom is -0.480 e. The van der Waals surface area contributed by atoms with E-state index in [0.29, 0.717) is 0 Å². The molecule has 0 aromatic carbocycles. The van der Waals surface area contributed by atoms with Crippen LogP contribution >= 0.6 is 0 Å². The summed E-state index contributed by atoms with van der Waals surface area (Å²) in [5.74, 6) is -0.430. The van der Waals surface area contributed by atoms with Crippen LogP contribution in [0.3, 0.4) is 0 Å². The van der Waals surface area contributed by atoms with Crippen molar-refractivity contribution in [1.82, 2.24) is 10.2 Å². The maximum Gasteiger partial charge on any atom is 0.324 e. The molecule has 2 unspecified atom stereocenters. The van der Waals surface area contributed by atoms with Crippen molar-refractivity contribution in [3.63, 3.8) is 0 Å². The van der Waals surface area contributed by atoms with E-state index in [1.54, 1.807) is 0 Å². The number of carbonyl (C=O) groups is 1. The SMILES string of the molecule is CC(C)NC1(C(=O)O)CCCC1CCN1CCOCC1. The zero-order chi connectivity index (χ0) is 14.6. The third-order valence-electron chi connectivity index (χ3n) is 4.65. The van der Waals surface area contributed by atoms with Gasteiger partial charge in [-0.05, 0) is 45.6 Å². The summed E-state index contributed by atoms with van der Waals surface area (Å²) in [6.45, 7) is 8.61. The quantitative estimate of drug-likeness (QED) is 0.770. The number of morpholine rings is 1. The fraction of sp³-hybridized carbons (Fsp3) is 0.933. The van der Waals surface area contributed by atoms with E-state index in [1.807, 2.05) is 13.8 Å². The normalized spacial score (nSPS) is 31.9. The Hall–Kier alpha value is -0.650. The van der Waals surface area contributed by atoms with Crippen molar-refractivity contribution in [2.45, 2.75) is 51.1 Å². The predicted octanol–water partition coefficient (Wildman–Crippen LogP) is 1.33. The fourth-order valence-electron chi connectivity index (χ4n) is 3.68. The van der Waals surface area contributed by atoms with Gasteiger partial charge in [-0.2, -0.15) is 0 Å². The molecule has 1 heterocycles. The first kappa shape index (κ1) is 15.7. The molecule has 1 saturated heterocycles. The molecular formula is C15H28N2O3. The van der Waals surface area contributed by atoms with Crippen LogP contribution in [0.5, 0.6) is 0 Å². The van der Waals surface area contributed by atoms with Gasteiger partial charge in [0.15, 0.2) is 0 Å². The van der Waals surface area contributed by atoms with Crippen molar-refractivity contribution in [1.29, 1.82) is 0 Å². The van der Waals surface area contributed by atoms with E-state index >= 15 is 0 Å². The Kier molecular flexibility index (Phi) is 5.41. The van der Waals surface area contributed by atoms with Crippen molar-refractivity contribution >= 4 is 5.97 Å². The minimum absolute atomic E-state index is 0.204. The monoisotopic (exact) mass is 284 g/mol. The lowest BCUT2D eigenvalue weighted by atomic mass is 9.83. The maximum atomic E-state index is 11.8. The van der Waals surface area contributed by atoms with Gasteiger partial charge >= 0.3 is 5.97 Å². The summed E-state index contributed by atoms with van der Waals surface area (Å²) in [6, 6.07) is 0.204. The Morgan fingerprint density at radius 1 is 1.45 bits per heavy atom. The predicted molar refractivity (Wildman–Crippen MR) is 77.9 cm³/mol. The highest BCUT2D eigenvalue weighted by Gasteiger charge is 2.49. The summed E-state index contributed by atoms with van der Waals surface area (Å²) in [5.41, 5.74) is -0.708. The molecular weight excluding hydrogens is 256 g/mol. The zero-order valence-corrected chi connectivity index (χ0v) is 12.7. The molecule has 5 nitrogen and oxygen atoms in total. The summed E-state index contributed by atoms with van der Waals surface area (Å²) < 4.78 is 5.36. The van der Waals surface area contributed by atoms with Crippen LogP contribution in [0.1, 0.15) is 39.5 Å². The van der Waals surface area contributed by atoms with Crippen LogP contribution in [0, 0.1) is 5.92 Å². The second-order valence-corrected chi connectivity index (χ2v) is 6.41. The number of ether oxygens (including phenoxy) is 1. The molecule has 0 amide bonds. The smallest absolute Gasteiger partial charge is 0.324 e. The standard InChI is InChI=1S/C15H28N2O3/c1-12(2)16-15(14(18)19)6-3-4-13(15)5-7-17-8-10-20-11-9-17/h12-13,16H,3-11H2,1-2H3,(H,18,19). The van der Waals surface area contributed by atoms with Gasteiger partial charge in [-0.3, -0.25) is 15.0 Å². The number of carboxylic acids is 1. The summed E-state index contributed by atoms with van der Waals surface area (Å²) in [5, 5.41) is 13.1. The van der Waals surface area contributed by atoms with Gasteiger partial charge in [-0.25, -0.2) is 0 Å². The molecule has 1 saturated carbocycles. The van der Waals surface area contributed by atoms with Crippen molar-refractivity contribution in [2.75, 3.05) is 32.8 Å². The van der Waals surface area contributed by atoms with Crippen molar-refractivity contribution < 1.29 is 14.6 Å². The molecule has 5 heteroatoms. The second kappa shape index (κ2) is 6.87. The first-order valence-electron chi connectivity index (χ1n) is 7.86. The van der Waals surface area contributed by atoms with Crippen molar-refractivity contribution in [2.24, 2.45) is 5.92 Å². The van der Waals surface area contributed by atoms with Gasteiger partial charge < -0.3 is 9.84 Å². The molecule has 0 radical (unpaired) electrons. The van der Waals surface area contributed by atoms with Crippen LogP contribution in [0.25, 0.3) is 0 Å². The number of nitrogens with one attached hydrogen (secondary N) is 1. The number of rotatable bonds is 6. The van der Waals surface area contributed by atoms with E-state index in [9.17, 15) is 9.90 Å². The van der Waals surface area contributed by atoms with Gasteiger partial charge in [0.25, 0.3) is 0 Å². The molecule has 0 aromatic heterocycles. The number of nitrogens with zero attached hydrogens (tertiary/aromatic N) is 1. The Labute approximate surface area is 121 Å². The van der Waals surface area contributed by atoms with E-state index in [-0.39, 0.29) is 12.0 Å². The van der Waals surface area contributed by atoms with Crippen LogP contribution in [-0.2, 0) is 9.53 Å². The van der Waals surface area contributed by atoms with Crippen LogP contribution in [0.2, 0.25) is 0 Å². The number of hydrogen-bond acceptors (Lipinski definition) is 4. The minimum atomic E-state index is -0.708. The Morgan fingerprint density at radius 3 is 2.75 bits per heavy atom. The van der Waals surface area contributed by atoms with E-state index in [2.05, 4.69) is 10.2 Å². The van der Waals surface area contributed by atoms with Crippen LogP contribution in [-0.4, -0.2) is 60.4 Å². The van der Waals surface area contributed by atoms with Crippen LogP contribution < -0.4 is 5.32 Å². The van der Waals surface area contributed by atoms with Gasteiger partial charge in [0, 0.05) is 19.1 Å². The summed E-state index contributed by atoms with van der Waals surface area (Å²) in [4.78, 5) is 14.2. The third-order valence-corrected chi connectivity index (χ3v) is 4.65. The highest BCUT2D eigenvalue weighted by Crippen LogP contribution is 2.38. The first-order valence-corrected chi connectivity index (χ1v) is 7.86. The van der Waals surface area contributed by atoms with Gasteiger partial charge in [-0.15, -0.1) is 0 Å². The van der Waals surface area contributed by atoms with E-state index in [1.165, 1.54) is 0 Å². The average molecular weight is 284 g/mol. The van der Waals surface area contributed by atoms with E-state index in [4.69, 9.17) is 4.74 Å². The first-order chi connectivity index (χ1) is 9.54. The highest BCUT2D eigenvalue weighted by molar-refractivity contribution is 5.79. The third kappa shape index (κ3) is 3.51. The lowest BCUT2D eigenvalue weighted by molar-refractivity contribution is -0.147. The number of carboxylic acid groups (broad SMARTS) is 1. The summed E-state index contributed by atoms with van der Waals surface area (Å²) >= 11 is 0. The van der Waals surface area contributed by atoms with Gasteiger partial charge in [-0.1, -0.05) is 6.42 Å². The molecule has 116 valence electrons. The highest BCUT2D eigenvalue weighted by atomic mass is 16.5. The van der Waals surface area contributed by atoms with Gasteiger partial charge in [0.2, 0.25) is 0 Å². The van der Waals surface area contributed by atoms with E-state index in [0.717, 1.165) is 58.5 Å². The van der Waals surface area contributed by atoms with Crippen LogP contribution in [0.15, 0.2) is 0 Å². The lowest BCUT2D eigenvalue weighted by Gasteiger charge is -2.36. The van der Waals surface area contributed by atoms with Gasteiger partial charge in [0.1, 0.15) is 5.54 Å². The Balaban J connectivity index is 1.95. The molecule has 2 rings (SSSR count). The molecule has 2 atom stereocenters. The Bertz CT molecular complexity index is 329. The second-order valence-electron chi connectivity index (χ2n) is 6.41. The van der Waals surface area contributed by atoms with Gasteiger partial charge in [0.05, 0.1) is 13.2 Å². The molecule has 0 spiro atoms.